The van der Waals surface area contributed by atoms with Crippen LogP contribution in [0.25, 0.3) is 10.2 Å². The lowest BCUT2D eigenvalue weighted by Gasteiger charge is -2.02. The zero-order chi connectivity index (χ0) is 14.3. The van der Waals surface area contributed by atoms with E-state index in [1.54, 1.807) is 35.8 Å². The Morgan fingerprint density at radius 1 is 1.35 bits per heavy atom. The Morgan fingerprint density at radius 3 is 2.85 bits per heavy atom. The Hall–Kier alpha value is -1.79. The van der Waals surface area contributed by atoms with Crippen molar-refractivity contribution in [3.8, 4) is 0 Å². The van der Waals surface area contributed by atoms with E-state index in [0.29, 0.717) is 11.2 Å². The monoisotopic (exact) mass is 303 g/mol. The third kappa shape index (κ3) is 2.10. The molecule has 0 saturated carbocycles. The molecule has 0 aliphatic carbocycles. The first-order valence-corrected chi connectivity index (χ1v) is 7.84. The van der Waals surface area contributed by atoms with Gasteiger partial charge in [0.1, 0.15) is 10.7 Å². The van der Waals surface area contributed by atoms with Gasteiger partial charge in [-0.3, -0.25) is 4.79 Å². The Bertz CT molecular complexity index is 857. The van der Waals surface area contributed by atoms with Crippen molar-refractivity contribution in [1.82, 2.24) is 9.66 Å². The van der Waals surface area contributed by atoms with E-state index in [-0.39, 0.29) is 5.56 Å². The summed E-state index contributed by atoms with van der Waals surface area (Å²) in [6, 6.07) is 3.91. The summed E-state index contributed by atoms with van der Waals surface area (Å²) in [4.78, 5) is 20.0. The van der Waals surface area contributed by atoms with Gasteiger partial charge in [-0.05, 0) is 37.8 Å². The predicted molar refractivity (Wildman–Crippen MR) is 85.4 cm³/mol. The molecule has 0 aromatic carbocycles. The van der Waals surface area contributed by atoms with Crippen molar-refractivity contribution in [3.05, 3.63) is 49.0 Å². The predicted octanol–water partition coefficient (Wildman–Crippen LogP) is 3.33. The number of nitrogens with zero attached hydrogens (tertiary/aromatic N) is 3. The molecule has 0 unspecified atom stereocenters. The average molecular weight is 303 g/mol. The van der Waals surface area contributed by atoms with Crippen molar-refractivity contribution < 1.29 is 0 Å². The van der Waals surface area contributed by atoms with Gasteiger partial charge in [0.15, 0.2) is 0 Å². The molecule has 0 N–H and O–H groups in total. The molecule has 0 amide bonds. The second-order valence-corrected chi connectivity index (χ2v) is 6.68. The molecule has 3 aromatic heterocycles. The van der Waals surface area contributed by atoms with E-state index in [1.807, 2.05) is 31.4 Å². The number of fused-ring (bicyclic) bond motifs is 1. The minimum atomic E-state index is -0.0952. The molecule has 0 atom stereocenters. The minimum absolute atomic E-state index is 0.0952. The summed E-state index contributed by atoms with van der Waals surface area (Å²) in [5.41, 5.74) is 0.907. The van der Waals surface area contributed by atoms with Gasteiger partial charge >= 0.3 is 0 Å². The molecule has 102 valence electrons. The van der Waals surface area contributed by atoms with Crippen LogP contribution in [0.2, 0.25) is 0 Å². The number of hydrogen-bond donors (Lipinski definition) is 0. The number of aryl methyl sites for hydroxylation is 3. The third-order valence-corrected chi connectivity index (χ3v) is 5.09. The fourth-order valence-corrected chi connectivity index (χ4v) is 3.65. The molecule has 4 nitrogen and oxygen atoms in total. The first-order valence-electron chi connectivity index (χ1n) is 6.15. The van der Waals surface area contributed by atoms with Gasteiger partial charge in [-0.1, -0.05) is 6.07 Å². The van der Waals surface area contributed by atoms with E-state index in [0.717, 1.165) is 20.1 Å². The summed E-state index contributed by atoms with van der Waals surface area (Å²) in [7, 11) is 0. The number of hydrogen-bond acceptors (Lipinski definition) is 5. The lowest BCUT2D eigenvalue weighted by atomic mass is 10.2. The Balaban J connectivity index is 2.21. The smallest absolute Gasteiger partial charge is 0.267 e. The van der Waals surface area contributed by atoms with Crippen molar-refractivity contribution in [3.63, 3.8) is 0 Å². The van der Waals surface area contributed by atoms with E-state index >= 15 is 0 Å². The van der Waals surface area contributed by atoms with Crippen molar-refractivity contribution in [2.75, 3.05) is 0 Å². The molecule has 6 heteroatoms. The van der Waals surface area contributed by atoms with Crippen LogP contribution in [0.1, 0.15) is 21.1 Å². The van der Waals surface area contributed by atoms with E-state index in [1.165, 1.54) is 4.68 Å². The van der Waals surface area contributed by atoms with Gasteiger partial charge < -0.3 is 0 Å². The summed E-state index contributed by atoms with van der Waals surface area (Å²) >= 11 is 3.14. The zero-order valence-corrected chi connectivity index (χ0v) is 13.0. The van der Waals surface area contributed by atoms with Gasteiger partial charge in [0, 0.05) is 9.75 Å². The minimum Gasteiger partial charge on any atom is -0.267 e. The summed E-state index contributed by atoms with van der Waals surface area (Å²) in [5.74, 6) is 0.608. The van der Waals surface area contributed by atoms with E-state index in [4.69, 9.17) is 0 Å². The fraction of sp³-hybridized carbons (Fsp3) is 0.214. The molecule has 20 heavy (non-hydrogen) atoms. The third-order valence-electron chi connectivity index (χ3n) is 3.19. The van der Waals surface area contributed by atoms with Crippen LogP contribution >= 0.6 is 22.7 Å². The molecule has 3 rings (SSSR count). The maximum Gasteiger partial charge on any atom is 0.283 e. The fourth-order valence-electron chi connectivity index (χ4n) is 2.00. The lowest BCUT2D eigenvalue weighted by Crippen LogP contribution is -2.20. The average Bonchev–Trinajstić information content (AvgIpc) is 2.99. The van der Waals surface area contributed by atoms with Crippen molar-refractivity contribution in [2.45, 2.75) is 20.8 Å². The maximum atomic E-state index is 12.6. The van der Waals surface area contributed by atoms with Gasteiger partial charge in [-0.2, -0.15) is 9.78 Å². The highest BCUT2D eigenvalue weighted by atomic mass is 32.1. The van der Waals surface area contributed by atoms with Crippen LogP contribution in [0.4, 0.5) is 0 Å². The van der Waals surface area contributed by atoms with Gasteiger partial charge in [0.05, 0.1) is 11.6 Å². The number of rotatable bonds is 2. The van der Waals surface area contributed by atoms with Crippen LogP contribution in [0.3, 0.4) is 0 Å². The van der Waals surface area contributed by atoms with E-state index in [9.17, 15) is 4.79 Å². The molecule has 3 aromatic rings. The van der Waals surface area contributed by atoms with Gasteiger partial charge in [-0.25, -0.2) is 4.98 Å². The lowest BCUT2D eigenvalue weighted by molar-refractivity contribution is 0.772. The highest BCUT2D eigenvalue weighted by Gasteiger charge is 2.13. The number of aromatic nitrogens is 2. The van der Waals surface area contributed by atoms with Gasteiger partial charge in [0.25, 0.3) is 5.56 Å². The topological polar surface area (TPSA) is 47.2 Å². The first kappa shape index (κ1) is 13.2. The Labute approximate surface area is 124 Å². The maximum absolute atomic E-state index is 12.6. The molecule has 0 aliphatic rings. The summed E-state index contributed by atoms with van der Waals surface area (Å²) in [5, 5.41) is 6.94. The first-order chi connectivity index (χ1) is 9.58. The van der Waals surface area contributed by atoms with E-state index in [2.05, 4.69) is 10.1 Å². The Kier molecular flexibility index (Phi) is 3.27. The van der Waals surface area contributed by atoms with Crippen LogP contribution in [-0.2, 0) is 0 Å². The van der Waals surface area contributed by atoms with Crippen LogP contribution in [0, 0.1) is 20.8 Å². The largest absolute Gasteiger partial charge is 0.283 e. The molecule has 0 spiro atoms. The van der Waals surface area contributed by atoms with Gasteiger partial charge in [-0.15, -0.1) is 22.7 Å². The highest BCUT2D eigenvalue weighted by Crippen LogP contribution is 2.26. The van der Waals surface area contributed by atoms with Crippen LogP contribution in [-0.4, -0.2) is 15.9 Å². The van der Waals surface area contributed by atoms with E-state index < -0.39 is 0 Å². The SMILES string of the molecule is Cc1sc2nc(C)n(N=Cc3cccs3)c(=O)c2c1C. The van der Waals surface area contributed by atoms with Crippen molar-refractivity contribution >= 4 is 39.1 Å². The molecule has 0 saturated heterocycles. The second-order valence-electron chi connectivity index (χ2n) is 4.50. The Morgan fingerprint density at radius 2 is 2.15 bits per heavy atom. The molecule has 0 fully saturated rings. The molecular formula is C14H13N3OS2. The van der Waals surface area contributed by atoms with Crippen molar-refractivity contribution in [1.29, 1.82) is 0 Å². The molecule has 0 bridgehead atoms. The normalized spacial score (nSPS) is 11.8. The molecular weight excluding hydrogens is 290 g/mol. The van der Waals surface area contributed by atoms with Crippen molar-refractivity contribution in [2.24, 2.45) is 5.10 Å². The second kappa shape index (κ2) is 4.96. The zero-order valence-electron chi connectivity index (χ0n) is 11.4. The van der Waals surface area contributed by atoms with Crippen LogP contribution in [0.15, 0.2) is 27.4 Å². The number of thiophene rings is 2. The summed E-state index contributed by atoms with van der Waals surface area (Å²) in [6.45, 7) is 5.77. The molecule has 3 heterocycles. The molecule has 0 radical (unpaired) electrons. The van der Waals surface area contributed by atoms with Gasteiger partial charge in [0.2, 0.25) is 0 Å². The van der Waals surface area contributed by atoms with Crippen LogP contribution < -0.4 is 5.56 Å². The quantitative estimate of drug-likeness (QED) is 0.682. The summed E-state index contributed by atoms with van der Waals surface area (Å²) in [6.07, 6.45) is 1.70. The van der Waals surface area contributed by atoms with Crippen LogP contribution in [0.5, 0.6) is 0 Å². The standard InChI is InChI=1S/C14H13N3OS2/c1-8-9(2)20-13-12(8)14(18)17(10(3)16-13)15-7-11-5-4-6-19-11/h4-7H,1-3H3. The highest BCUT2D eigenvalue weighted by molar-refractivity contribution is 7.18. The summed E-state index contributed by atoms with van der Waals surface area (Å²) < 4.78 is 1.38. The molecule has 0 aliphatic heterocycles.